The van der Waals surface area contributed by atoms with Gasteiger partial charge >= 0.3 is 6.03 Å². The van der Waals surface area contributed by atoms with Crippen LogP contribution in [0.2, 0.25) is 5.02 Å². The normalized spacial score (nSPS) is 17.4. The Kier molecular flexibility index (Phi) is 5.41. The highest BCUT2D eigenvalue weighted by Crippen LogP contribution is 2.41. The Morgan fingerprint density at radius 2 is 1.93 bits per heavy atom. The van der Waals surface area contributed by atoms with Crippen molar-refractivity contribution < 1.29 is 14.7 Å². The van der Waals surface area contributed by atoms with E-state index in [4.69, 9.17) is 11.6 Å². The highest BCUT2D eigenvalue weighted by atomic mass is 35.5. The summed E-state index contributed by atoms with van der Waals surface area (Å²) in [6.45, 7) is 0.985. The first-order chi connectivity index (χ1) is 13.5. The third kappa shape index (κ3) is 4.39. The number of amides is 3. The number of hydrogen-bond acceptors (Lipinski definition) is 5. The first-order valence-corrected chi connectivity index (χ1v) is 10.6. The maximum absolute atomic E-state index is 12.5. The molecule has 1 aliphatic carbocycles. The fourth-order valence-corrected chi connectivity index (χ4v) is 4.22. The lowest BCUT2D eigenvalue weighted by Crippen LogP contribution is -2.43. The Bertz CT molecular complexity index is 891. The van der Waals surface area contributed by atoms with Crippen LogP contribution >= 0.6 is 22.9 Å². The van der Waals surface area contributed by atoms with Gasteiger partial charge < -0.3 is 15.3 Å². The highest BCUT2D eigenvalue weighted by Gasteiger charge is 2.29. The van der Waals surface area contributed by atoms with Crippen LogP contribution in [0, 0.1) is 5.92 Å². The number of urea groups is 1. The van der Waals surface area contributed by atoms with Crippen LogP contribution in [-0.4, -0.2) is 40.0 Å². The topological polar surface area (TPSA) is 94.6 Å². The fourth-order valence-electron chi connectivity index (χ4n) is 3.27. The number of carbonyl (C=O) groups is 2. The monoisotopic (exact) mass is 420 g/mol. The van der Waals surface area contributed by atoms with Gasteiger partial charge in [0.2, 0.25) is 5.91 Å². The maximum Gasteiger partial charge on any atom is 0.323 e. The quantitative estimate of drug-likeness (QED) is 0.644. The van der Waals surface area contributed by atoms with Gasteiger partial charge in [-0.05, 0) is 43.9 Å². The summed E-state index contributed by atoms with van der Waals surface area (Å²) in [5.74, 6) is 0.147. The van der Waals surface area contributed by atoms with Crippen molar-refractivity contribution in [3.8, 4) is 5.75 Å². The van der Waals surface area contributed by atoms with Crippen LogP contribution < -0.4 is 10.6 Å². The van der Waals surface area contributed by atoms with Crippen LogP contribution in [0.4, 0.5) is 15.6 Å². The van der Waals surface area contributed by atoms with Crippen molar-refractivity contribution in [1.82, 2.24) is 9.88 Å². The van der Waals surface area contributed by atoms with Crippen molar-refractivity contribution in [3.63, 3.8) is 0 Å². The van der Waals surface area contributed by atoms with E-state index >= 15 is 0 Å². The molecule has 0 atom stereocenters. The average Bonchev–Trinajstić information content (AvgIpc) is 3.44. The number of carbonyl (C=O) groups excluding carboxylic acids is 2. The second-order valence-electron chi connectivity index (χ2n) is 7.19. The zero-order chi connectivity index (χ0) is 19.7. The number of hydrogen-bond donors (Lipinski definition) is 3. The number of likely N-dealkylation sites (tertiary alicyclic amines) is 1. The average molecular weight is 421 g/mol. The highest BCUT2D eigenvalue weighted by molar-refractivity contribution is 7.13. The second-order valence-corrected chi connectivity index (χ2v) is 8.49. The molecule has 28 heavy (non-hydrogen) atoms. The van der Waals surface area contributed by atoms with Crippen molar-refractivity contribution in [1.29, 1.82) is 0 Å². The molecule has 1 saturated carbocycles. The third-order valence-corrected chi connectivity index (χ3v) is 6.11. The smallest absolute Gasteiger partial charge is 0.323 e. The minimum atomic E-state index is -0.219. The first-order valence-electron chi connectivity index (χ1n) is 9.30. The van der Waals surface area contributed by atoms with E-state index in [1.54, 1.807) is 11.0 Å². The van der Waals surface area contributed by atoms with Crippen LogP contribution in [0.15, 0.2) is 23.6 Å². The van der Waals surface area contributed by atoms with E-state index < -0.39 is 0 Å². The van der Waals surface area contributed by atoms with E-state index in [9.17, 15) is 14.7 Å². The Labute approximate surface area is 171 Å². The molecule has 7 nitrogen and oxygen atoms in total. The van der Waals surface area contributed by atoms with Gasteiger partial charge in [0, 0.05) is 35.3 Å². The number of nitrogens with zero attached hydrogens (tertiary/aromatic N) is 2. The Morgan fingerprint density at radius 3 is 2.64 bits per heavy atom. The molecule has 3 amide bonds. The molecule has 2 heterocycles. The first kappa shape index (κ1) is 19.0. The molecular formula is C19H21ClN4O3S. The molecule has 3 N–H and O–H groups in total. The number of benzene rings is 1. The summed E-state index contributed by atoms with van der Waals surface area (Å²) in [5.41, 5.74) is 1.37. The predicted molar refractivity (Wildman–Crippen MR) is 109 cm³/mol. The van der Waals surface area contributed by atoms with Crippen LogP contribution in [0.25, 0.3) is 0 Å². The van der Waals surface area contributed by atoms with Gasteiger partial charge in [-0.3, -0.25) is 10.1 Å². The summed E-state index contributed by atoms with van der Waals surface area (Å²) in [5, 5.41) is 18.5. The molecule has 1 aromatic carbocycles. The van der Waals surface area contributed by atoms with Crippen LogP contribution in [0.1, 0.15) is 37.3 Å². The lowest BCUT2D eigenvalue weighted by molar-refractivity contribution is -0.121. The molecular weight excluding hydrogens is 400 g/mol. The molecule has 1 aliphatic heterocycles. The van der Waals surface area contributed by atoms with Gasteiger partial charge in [-0.2, -0.15) is 0 Å². The molecule has 0 radical (unpaired) electrons. The minimum absolute atomic E-state index is 0.0245. The Hall–Kier alpha value is -2.32. The predicted octanol–water partition coefficient (Wildman–Crippen LogP) is 4.26. The van der Waals surface area contributed by atoms with Crippen LogP contribution in [-0.2, 0) is 4.79 Å². The standard InChI is InChI=1S/C19H21ClN4O3S/c20-13-3-4-16(25)14(9-13)21-17(26)12-5-7-24(8-6-12)19(27)23-18-22-15(10-28-18)11-1-2-11/h3-4,9-12,25H,1-2,5-8H2,(H,21,26)(H,22,23,27). The number of aromatic hydroxyl groups is 1. The molecule has 9 heteroatoms. The van der Waals surface area contributed by atoms with E-state index in [0.717, 1.165) is 5.69 Å². The number of rotatable bonds is 4. The van der Waals surface area contributed by atoms with Gasteiger partial charge in [0.1, 0.15) is 5.75 Å². The fraction of sp³-hybridized carbons (Fsp3) is 0.421. The number of halogens is 1. The van der Waals surface area contributed by atoms with Crippen LogP contribution in [0.3, 0.4) is 0 Å². The number of aromatic nitrogens is 1. The van der Waals surface area contributed by atoms with E-state index in [2.05, 4.69) is 15.6 Å². The molecule has 2 fully saturated rings. The zero-order valence-corrected chi connectivity index (χ0v) is 16.7. The zero-order valence-electron chi connectivity index (χ0n) is 15.2. The van der Waals surface area contributed by atoms with Crippen molar-refractivity contribution in [2.45, 2.75) is 31.6 Å². The summed E-state index contributed by atoms with van der Waals surface area (Å²) in [6, 6.07) is 4.34. The Morgan fingerprint density at radius 1 is 1.18 bits per heavy atom. The second kappa shape index (κ2) is 7.97. The maximum atomic E-state index is 12.5. The number of anilines is 2. The van der Waals surface area contributed by atoms with Gasteiger partial charge in [0.15, 0.2) is 5.13 Å². The summed E-state index contributed by atoms with van der Waals surface area (Å²) in [7, 11) is 0. The molecule has 0 spiro atoms. The summed E-state index contributed by atoms with van der Waals surface area (Å²) >= 11 is 7.36. The molecule has 4 rings (SSSR count). The molecule has 0 unspecified atom stereocenters. The van der Waals surface area contributed by atoms with Crippen LogP contribution in [0.5, 0.6) is 5.75 Å². The van der Waals surface area contributed by atoms with Gasteiger partial charge in [0.25, 0.3) is 0 Å². The van der Waals surface area contributed by atoms with Crippen molar-refractivity contribution in [3.05, 3.63) is 34.3 Å². The summed E-state index contributed by atoms with van der Waals surface area (Å²) < 4.78 is 0. The third-order valence-electron chi connectivity index (χ3n) is 5.10. The molecule has 2 aromatic rings. The van der Waals surface area contributed by atoms with E-state index in [-0.39, 0.29) is 23.6 Å². The molecule has 148 valence electrons. The number of nitrogens with one attached hydrogen (secondary N) is 2. The van der Waals surface area contributed by atoms with E-state index in [0.29, 0.717) is 47.7 Å². The molecule has 1 aromatic heterocycles. The molecule has 1 saturated heterocycles. The van der Waals surface area contributed by atoms with Gasteiger partial charge in [-0.15, -0.1) is 11.3 Å². The van der Waals surface area contributed by atoms with E-state index in [1.807, 2.05) is 5.38 Å². The molecule has 2 aliphatic rings. The van der Waals surface area contributed by atoms with Crippen molar-refractivity contribution in [2.24, 2.45) is 5.92 Å². The van der Waals surface area contributed by atoms with Crippen molar-refractivity contribution in [2.75, 3.05) is 23.7 Å². The summed E-state index contributed by atoms with van der Waals surface area (Å²) in [4.78, 5) is 31.1. The number of thiazole rings is 1. The van der Waals surface area contributed by atoms with Crippen molar-refractivity contribution >= 4 is 45.7 Å². The number of piperidine rings is 1. The lowest BCUT2D eigenvalue weighted by Gasteiger charge is -2.31. The number of phenols is 1. The minimum Gasteiger partial charge on any atom is -0.506 e. The Balaban J connectivity index is 1.27. The van der Waals surface area contributed by atoms with Gasteiger partial charge in [-0.1, -0.05) is 11.6 Å². The summed E-state index contributed by atoms with van der Waals surface area (Å²) in [6.07, 6.45) is 3.48. The lowest BCUT2D eigenvalue weighted by atomic mass is 9.96. The SMILES string of the molecule is O=C(Nc1cc(Cl)ccc1O)C1CCN(C(=O)Nc2nc(C3CC3)cs2)CC1. The number of phenolic OH excluding ortho intramolecular Hbond substituents is 1. The van der Waals surface area contributed by atoms with E-state index in [1.165, 1.54) is 36.3 Å². The largest absolute Gasteiger partial charge is 0.506 e. The van der Waals surface area contributed by atoms with Gasteiger partial charge in [-0.25, -0.2) is 9.78 Å². The van der Waals surface area contributed by atoms with Gasteiger partial charge in [0.05, 0.1) is 11.4 Å². The molecule has 0 bridgehead atoms.